The largest absolute Gasteiger partial charge is 0.383 e. The summed E-state index contributed by atoms with van der Waals surface area (Å²) >= 11 is 0. The molecule has 1 aromatic carbocycles. The number of rotatable bonds is 2. The molecular formula is C11H11N3. The molecule has 0 amide bonds. The molecule has 1 heterocycles. The summed E-state index contributed by atoms with van der Waals surface area (Å²) in [5.41, 5.74) is 7.73. The number of hydrogen-bond acceptors (Lipinski definition) is 2. The zero-order valence-corrected chi connectivity index (χ0v) is 7.77. The van der Waals surface area contributed by atoms with E-state index in [0.29, 0.717) is 18.2 Å². The first kappa shape index (κ1) is 8.69. The van der Waals surface area contributed by atoms with Crippen molar-refractivity contribution < 1.29 is 0 Å². The fourth-order valence-electron chi connectivity index (χ4n) is 1.41. The molecule has 0 aromatic heterocycles. The molecule has 0 fully saturated rings. The van der Waals surface area contributed by atoms with Gasteiger partial charge >= 0.3 is 0 Å². The van der Waals surface area contributed by atoms with Crippen LogP contribution in [0.3, 0.4) is 0 Å². The standard InChI is InChI=1S/C11H11N3/c1-2-7-13-11-9-6-4-3-5-8(9)10(12)14-11/h2-6H,1,7H2,(H2,12,13,14). The zero-order valence-electron chi connectivity index (χ0n) is 7.77. The van der Waals surface area contributed by atoms with Crippen molar-refractivity contribution >= 4 is 11.7 Å². The van der Waals surface area contributed by atoms with E-state index >= 15 is 0 Å². The van der Waals surface area contributed by atoms with Gasteiger partial charge in [0.1, 0.15) is 5.84 Å². The molecule has 0 aliphatic carbocycles. The number of nitrogens with two attached hydrogens (primary N) is 1. The van der Waals surface area contributed by atoms with Crippen LogP contribution in [0.1, 0.15) is 11.1 Å². The SMILES string of the molecule is C=CCN=C1N=C(N)c2ccccc21. The average Bonchev–Trinajstić information content (AvgIpc) is 2.54. The highest BCUT2D eigenvalue weighted by Gasteiger charge is 2.17. The van der Waals surface area contributed by atoms with Crippen LogP contribution in [-0.4, -0.2) is 18.2 Å². The monoisotopic (exact) mass is 185 g/mol. The number of hydrogen-bond donors (Lipinski definition) is 1. The van der Waals surface area contributed by atoms with E-state index in [1.807, 2.05) is 24.3 Å². The van der Waals surface area contributed by atoms with Gasteiger partial charge in [-0.05, 0) is 0 Å². The molecule has 14 heavy (non-hydrogen) atoms. The van der Waals surface area contributed by atoms with Crippen LogP contribution in [0.25, 0.3) is 0 Å². The van der Waals surface area contributed by atoms with Crippen LogP contribution in [-0.2, 0) is 0 Å². The van der Waals surface area contributed by atoms with Crippen LogP contribution in [0.15, 0.2) is 46.9 Å². The van der Waals surface area contributed by atoms with Crippen molar-refractivity contribution in [3.8, 4) is 0 Å². The minimum absolute atomic E-state index is 0.545. The van der Waals surface area contributed by atoms with Crippen molar-refractivity contribution in [3.05, 3.63) is 48.0 Å². The van der Waals surface area contributed by atoms with E-state index in [4.69, 9.17) is 5.73 Å². The maximum atomic E-state index is 5.75. The number of benzene rings is 1. The lowest BCUT2D eigenvalue weighted by Crippen LogP contribution is -2.09. The summed E-state index contributed by atoms with van der Waals surface area (Å²) in [6, 6.07) is 7.82. The molecule has 1 aromatic rings. The van der Waals surface area contributed by atoms with E-state index in [1.165, 1.54) is 0 Å². The third kappa shape index (κ3) is 1.33. The van der Waals surface area contributed by atoms with Crippen molar-refractivity contribution in [3.63, 3.8) is 0 Å². The van der Waals surface area contributed by atoms with Crippen LogP contribution in [0.5, 0.6) is 0 Å². The maximum absolute atomic E-state index is 5.75. The van der Waals surface area contributed by atoms with Crippen molar-refractivity contribution in [2.45, 2.75) is 0 Å². The second kappa shape index (κ2) is 3.46. The van der Waals surface area contributed by atoms with Gasteiger partial charge in [-0.2, -0.15) is 0 Å². The Labute approximate surface area is 82.7 Å². The lowest BCUT2D eigenvalue weighted by molar-refractivity contribution is 1.24. The Morgan fingerprint density at radius 3 is 2.79 bits per heavy atom. The van der Waals surface area contributed by atoms with Gasteiger partial charge in [0, 0.05) is 11.1 Å². The second-order valence-electron chi connectivity index (χ2n) is 3.00. The van der Waals surface area contributed by atoms with E-state index in [0.717, 1.165) is 11.1 Å². The molecule has 0 radical (unpaired) electrons. The molecule has 1 aliphatic rings. The molecule has 3 heteroatoms. The Bertz CT molecular complexity index is 430. The van der Waals surface area contributed by atoms with Gasteiger partial charge in [-0.15, -0.1) is 6.58 Å². The molecule has 70 valence electrons. The maximum Gasteiger partial charge on any atom is 0.158 e. The van der Waals surface area contributed by atoms with Gasteiger partial charge < -0.3 is 5.73 Å². The predicted molar refractivity (Wildman–Crippen MR) is 58.8 cm³/mol. The molecule has 2 rings (SSSR count). The fourth-order valence-corrected chi connectivity index (χ4v) is 1.41. The highest BCUT2D eigenvalue weighted by Crippen LogP contribution is 2.16. The third-order valence-corrected chi connectivity index (χ3v) is 2.04. The Morgan fingerprint density at radius 2 is 2.07 bits per heavy atom. The summed E-state index contributed by atoms with van der Waals surface area (Å²) in [5.74, 6) is 1.25. The Kier molecular flexibility index (Phi) is 2.14. The molecule has 0 spiro atoms. The molecule has 0 saturated heterocycles. The zero-order chi connectivity index (χ0) is 9.97. The van der Waals surface area contributed by atoms with Crippen LogP contribution >= 0.6 is 0 Å². The Hall–Kier alpha value is -1.90. The number of nitrogens with zero attached hydrogens (tertiary/aromatic N) is 2. The van der Waals surface area contributed by atoms with Crippen molar-refractivity contribution in [2.75, 3.05) is 6.54 Å². The van der Waals surface area contributed by atoms with Gasteiger partial charge in [-0.25, -0.2) is 4.99 Å². The summed E-state index contributed by atoms with van der Waals surface area (Å²) in [4.78, 5) is 8.46. The minimum Gasteiger partial charge on any atom is -0.383 e. The molecule has 0 saturated carbocycles. The second-order valence-corrected chi connectivity index (χ2v) is 3.00. The van der Waals surface area contributed by atoms with Gasteiger partial charge in [0.05, 0.1) is 6.54 Å². The van der Waals surface area contributed by atoms with Gasteiger partial charge in [0.2, 0.25) is 0 Å². The van der Waals surface area contributed by atoms with E-state index in [9.17, 15) is 0 Å². The first-order valence-electron chi connectivity index (χ1n) is 4.42. The molecule has 0 bridgehead atoms. The molecule has 1 aliphatic heterocycles. The van der Waals surface area contributed by atoms with Crippen molar-refractivity contribution in [1.29, 1.82) is 0 Å². The molecule has 2 N–H and O–H groups in total. The number of fused-ring (bicyclic) bond motifs is 1. The van der Waals surface area contributed by atoms with Gasteiger partial charge in [-0.3, -0.25) is 4.99 Å². The smallest absolute Gasteiger partial charge is 0.158 e. The lowest BCUT2D eigenvalue weighted by atomic mass is 10.1. The van der Waals surface area contributed by atoms with E-state index < -0.39 is 0 Å². The van der Waals surface area contributed by atoms with Gasteiger partial charge in [0.25, 0.3) is 0 Å². The van der Waals surface area contributed by atoms with E-state index in [2.05, 4.69) is 16.6 Å². The minimum atomic E-state index is 0.545. The summed E-state index contributed by atoms with van der Waals surface area (Å²) < 4.78 is 0. The first-order chi connectivity index (χ1) is 6.83. The topological polar surface area (TPSA) is 50.7 Å². The number of amidine groups is 2. The molecule has 0 atom stereocenters. The van der Waals surface area contributed by atoms with Crippen LogP contribution in [0.2, 0.25) is 0 Å². The van der Waals surface area contributed by atoms with E-state index in [-0.39, 0.29) is 0 Å². The van der Waals surface area contributed by atoms with Gasteiger partial charge in [-0.1, -0.05) is 30.3 Å². The van der Waals surface area contributed by atoms with Gasteiger partial charge in [0.15, 0.2) is 5.84 Å². The summed E-state index contributed by atoms with van der Waals surface area (Å²) in [5, 5.41) is 0. The van der Waals surface area contributed by atoms with Crippen molar-refractivity contribution in [1.82, 2.24) is 0 Å². The lowest BCUT2D eigenvalue weighted by Gasteiger charge is -1.96. The van der Waals surface area contributed by atoms with Crippen LogP contribution in [0.4, 0.5) is 0 Å². The Balaban J connectivity index is 2.46. The average molecular weight is 185 g/mol. The highest BCUT2D eigenvalue weighted by molar-refractivity contribution is 6.21. The molecular weight excluding hydrogens is 174 g/mol. The third-order valence-electron chi connectivity index (χ3n) is 2.04. The first-order valence-corrected chi connectivity index (χ1v) is 4.42. The van der Waals surface area contributed by atoms with Crippen LogP contribution in [0, 0.1) is 0 Å². The highest BCUT2D eigenvalue weighted by atomic mass is 15.0. The molecule has 0 unspecified atom stereocenters. The summed E-state index contributed by atoms with van der Waals surface area (Å²) in [7, 11) is 0. The van der Waals surface area contributed by atoms with E-state index in [1.54, 1.807) is 6.08 Å². The normalized spacial score (nSPS) is 16.6. The fraction of sp³-hybridized carbons (Fsp3) is 0.0909. The predicted octanol–water partition coefficient (Wildman–Crippen LogP) is 1.34. The van der Waals surface area contributed by atoms with Crippen molar-refractivity contribution in [2.24, 2.45) is 15.7 Å². The quantitative estimate of drug-likeness (QED) is 0.694. The summed E-state index contributed by atoms with van der Waals surface area (Å²) in [6.45, 7) is 4.18. The molecule has 3 nitrogen and oxygen atoms in total. The number of aliphatic imine (C=N–C) groups is 2. The summed E-state index contributed by atoms with van der Waals surface area (Å²) in [6.07, 6.45) is 1.74. The van der Waals surface area contributed by atoms with Crippen LogP contribution < -0.4 is 5.73 Å². The Morgan fingerprint density at radius 1 is 1.36 bits per heavy atom.